The topological polar surface area (TPSA) is 52.0 Å². The standard InChI is InChI=1S/C8H14N2S/c1-2-6(9)8(10)7-4-3-5-11-7/h3-6,8H,2,9-10H2,1H3/t6-,8-/m0/s1. The van der Waals surface area contributed by atoms with Gasteiger partial charge in [-0.2, -0.15) is 0 Å². The summed E-state index contributed by atoms with van der Waals surface area (Å²) in [6.07, 6.45) is 0.930. The Labute approximate surface area is 71.2 Å². The van der Waals surface area contributed by atoms with Crippen LogP contribution >= 0.6 is 11.3 Å². The van der Waals surface area contributed by atoms with Gasteiger partial charge in [0.15, 0.2) is 0 Å². The summed E-state index contributed by atoms with van der Waals surface area (Å²) in [5.74, 6) is 0. The average molecular weight is 170 g/mol. The molecule has 0 aliphatic carbocycles. The van der Waals surface area contributed by atoms with Gasteiger partial charge in [-0.25, -0.2) is 0 Å². The van der Waals surface area contributed by atoms with E-state index >= 15 is 0 Å². The van der Waals surface area contributed by atoms with Gasteiger partial charge in [0.05, 0.1) is 6.04 Å². The highest BCUT2D eigenvalue weighted by Gasteiger charge is 2.13. The van der Waals surface area contributed by atoms with Gasteiger partial charge in [-0.1, -0.05) is 13.0 Å². The van der Waals surface area contributed by atoms with Crippen LogP contribution in [0.5, 0.6) is 0 Å². The second-order valence-corrected chi connectivity index (χ2v) is 3.59. The van der Waals surface area contributed by atoms with Crippen molar-refractivity contribution in [3.8, 4) is 0 Å². The van der Waals surface area contributed by atoms with Gasteiger partial charge in [-0.3, -0.25) is 0 Å². The van der Waals surface area contributed by atoms with E-state index in [1.54, 1.807) is 11.3 Å². The maximum absolute atomic E-state index is 5.88. The minimum Gasteiger partial charge on any atom is -0.326 e. The largest absolute Gasteiger partial charge is 0.326 e. The molecule has 1 aromatic rings. The first-order chi connectivity index (χ1) is 5.25. The molecule has 0 aliphatic heterocycles. The van der Waals surface area contributed by atoms with E-state index in [2.05, 4.69) is 6.92 Å². The van der Waals surface area contributed by atoms with E-state index in [-0.39, 0.29) is 12.1 Å². The second-order valence-electron chi connectivity index (χ2n) is 2.61. The van der Waals surface area contributed by atoms with Crippen LogP contribution in [0.2, 0.25) is 0 Å². The lowest BCUT2D eigenvalue weighted by molar-refractivity contribution is 0.539. The van der Waals surface area contributed by atoms with Crippen LogP contribution in [0.4, 0.5) is 0 Å². The van der Waals surface area contributed by atoms with E-state index in [4.69, 9.17) is 11.5 Å². The van der Waals surface area contributed by atoms with Gasteiger partial charge in [0.25, 0.3) is 0 Å². The van der Waals surface area contributed by atoms with Gasteiger partial charge < -0.3 is 11.5 Å². The summed E-state index contributed by atoms with van der Waals surface area (Å²) in [7, 11) is 0. The molecule has 0 fully saturated rings. The van der Waals surface area contributed by atoms with E-state index in [9.17, 15) is 0 Å². The Morgan fingerprint density at radius 3 is 2.73 bits per heavy atom. The summed E-state index contributed by atoms with van der Waals surface area (Å²) in [4.78, 5) is 1.18. The third-order valence-corrected chi connectivity index (χ3v) is 2.78. The number of rotatable bonds is 3. The van der Waals surface area contributed by atoms with Gasteiger partial charge in [0.2, 0.25) is 0 Å². The molecule has 0 aliphatic rings. The van der Waals surface area contributed by atoms with E-state index in [0.717, 1.165) is 6.42 Å². The Hall–Kier alpha value is -0.380. The molecule has 0 unspecified atom stereocenters. The van der Waals surface area contributed by atoms with Crippen molar-refractivity contribution in [3.05, 3.63) is 22.4 Å². The van der Waals surface area contributed by atoms with Crippen LogP contribution in [-0.4, -0.2) is 6.04 Å². The van der Waals surface area contributed by atoms with Gasteiger partial charge in [0, 0.05) is 10.9 Å². The lowest BCUT2D eigenvalue weighted by atomic mass is 10.1. The van der Waals surface area contributed by atoms with Crippen LogP contribution in [-0.2, 0) is 0 Å². The lowest BCUT2D eigenvalue weighted by Crippen LogP contribution is -2.32. The molecule has 0 spiro atoms. The molecule has 0 bridgehead atoms. The fourth-order valence-electron chi connectivity index (χ4n) is 0.946. The van der Waals surface area contributed by atoms with Crippen molar-refractivity contribution in [2.24, 2.45) is 11.5 Å². The fourth-order valence-corrected chi connectivity index (χ4v) is 1.75. The van der Waals surface area contributed by atoms with Crippen molar-refractivity contribution in [1.82, 2.24) is 0 Å². The Morgan fingerprint density at radius 1 is 1.55 bits per heavy atom. The maximum atomic E-state index is 5.88. The lowest BCUT2D eigenvalue weighted by Gasteiger charge is -2.16. The zero-order valence-electron chi connectivity index (χ0n) is 6.66. The Bertz CT molecular complexity index is 196. The molecule has 1 rings (SSSR count). The molecular formula is C8H14N2S. The van der Waals surface area contributed by atoms with E-state index in [1.807, 2.05) is 17.5 Å². The minimum atomic E-state index is 0.0139. The zero-order chi connectivity index (χ0) is 8.27. The summed E-state index contributed by atoms with van der Waals surface area (Å²) >= 11 is 1.67. The van der Waals surface area contributed by atoms with Gasteiger partial charge in [0.1, 0.15) is 0 Å². The number of hydrogen-bond donors (Lipinski definition) is 2. The molecular weight excluding hydrogens is 156 g/mol. The fraction of sp³-hybridized carbons (Fsp3) is 0.500. The van der Waals surface area contributed by atoms with Crippen molar-refractivity contribution in [1.29, 1.82) is 0 Å². The number of hydrogen-bond acceptors (Lipinski definition) is 3. The summed E-state index contributed by atoms with van der Waals surface area (Å²) in [6.45, 7) is 2.05. The third kappa shape index (κ3) is 2.02. The summed E-state index contributed by atoms with van der Waals surface area (Å²) in [5, 5.41) is 2.03. The van der Waals surface area contributed by atoms with Crippen molar-refractivity contribution in [2.75, 3.05) is 0 Å². The van der Waals surface area contributed by atoms with Crippen molar-refractivity contribution in [3.63, 3.8) is 0 Å². The van der Waals surface area contributed by atoms with Crippen LogP contribution in [0, 0.1) is 0 Å². The minimum absolute atomic E-state index is 0.0139. The highest BCUT2D eigenvalue weighted by Crippen LogP contribution is 2.19. The maximum Gasteiger partial charge on any atom is 0.0543 e. The zero-order valence-corrected chi connectivity index (χ0v) is 7.47. The summed E-state index contributed by atoms with van der Waals surface area (Å²) < 4.78 is 0. The molecule has 0 aromatic carbocycles. The van der Waals surface area contributed by atoms with Crippen LogP contribution in [0.25, 0.3) is 0 Å². The molecule has 3 heteroatoms. The summed E-state index contributed by atoms with van der Waals surface area (Å²) in [6, 6.07) is 4.14. The van der Waals surface area contributed by atoms with Crippen LogP contribution in [0.3, 0.4) is 0 Å². The van der Waals surface area contributed by atoms with E-state index < -0.39 is 0 Å². The predicted octanol–water partition coefficient (Wildman–Crippen LogP) is 1.49. The Balaban J connectivity index is 2.62. The first kappa shape index (κ1) is 8.71. The Morgan fingerprint density at radius 2 is 2.27 bits per heavy atom. The van der Waals surface area contributed by atoms with Crippen LogP contribution in [0.1, 0.15) is 24.3 Å². The second kappa shape index (κ2) is 3.85. The molecule has 2 atom stereocenters. The molecule has 0 saturated carbocycles. The van der Waals surface area contributed by atoms with Crippen molar-refractivity contribution < 1.29 is 0 Å². The van der Waals surface area contributed by atoms with E-state index in [0.29, 0.717) is 0 Å². The molecule has 2 nitrogen and oxygen atoms in total. The molecule has 0 radical (unpaired) electrons. The quantitative estimate of drug-likeness (QED) is 0.722. The van der Waals surface area contributed by atoms with Gasteiger partial charge in [-0.15, -0.1) is 11.3 Å². The Kier molecular flexibility index (Phi) is 3.05. The molecule has 1 heterocycles. The van der Waals surface area contributed by atoms with Crippen molar-refractivity contribution >= 4 is 11.3 Å². The molecule has 62 valence electrons. The number of thiophene rings is 1. The molecule has 11 heavy (non-hydrogen) atoms. The molecule has 0 saturated heterocycles. The first-order valence-electron chi connectivity index (χ1n) is 3.80. The molecule has 1 aromatic heterocycles. The molecule has 0 amide bonds. The smallest absolute Gasteiger partial charge is 0.0543 e. The highest BCUT2D eigenvalue weighted by atomic mass is 32.1. The molecule has 4 N–H and O–H groups in total. The third-order valence-electron chi connectivity index (χ3n) is 1.80. The van der Waals surface area contributed by atoms with Crippen molar-refractivity contribution in [2.45, 2.75) is 25.4 Å². The summed E-state index contributed by atoms with van der Waals surface area (Å²) in [5.41, 5.74) is 11.7. The van der Waals surface area contributed by atoms with E-state index in [1.165, 1.54) is 4.88 Å². The average Bonchev–Trinajstić information content (AvgIpc) is 2.53. The monoisotopic (exact) mass is 170 g/mol. The normalized spacial score (nSPS) is 16.3. The predicted molar refractivity (Wildman–Crippen MR) is 49.5 cm³/mol. The number of nitrogens with two attached hydrogens (primary N) is 2. The van der Waals surface area contributed by atoms with Gasteiger partial charge >= 0.3 is 0 Å². The SMILES string of the molecule is CC[C@H](N)[C@H](N)c1cccs1. The van der Waals surface area contributed by atoms with Crippen LogP contribution in [0.15, 0.2) is 17.5 Å². The first-order valence-corrected chi connectivity index (χ1v) is 4.68. The van der Waals surface area contributed by atoms with Crippen LogP contribution < -0.4 is 11.5 Å². The highest BCUT2D eigenvalue weighted by molar-refractivity contribution is 7.10. The van der Waals surface area contributed by atoms with Gasteiger partial charge in [-0.05, 0) is 17.9 Å².